The fourth-order valence-corrected chi connectivity index (χ4v) is 1.68. The molecule has 0 bridgehead atoms. The SMILES string of the molecule is N#Cc1cc(N)nc(-c2cccc(Br)c2)n1. The van der Waals surface area contributed by atoms with E-state index in [-0.39, 0.29) is 5.69 Å². The summed E-state index contributed by atoms with van der Waals surface area (Å²) in [7, 11) is 0. The molecule has 1 aromatic carbocycles. The first-order valence-electron chi connectivity index (χ1n) is 4.49. The second-order valence-electron chi connectivity index (χ2n) is 3.12. The van der Waals surface area contributed by atoms with Crippen molar-refractivity contribution < 1.29 is 0 Å². The van der Waals surface area contributed by atoms with Crippen LogP contribution in [0.4, 0.5) is 5.82 Å². The molecule has 0 aliphatic heterocycles. The number of nitrogen functional groups attached to an aromatic ring is 1. The van der Waals surface area contributed by atoms with Gasteiger partial charge < -0.3 is 5.73 Å². The molecule has 0 atom stereocenters. The number of hydrogen-bond donors (Lipinski definition) is 1. The standard InChI is InChI=1S/C11H7BrN4/c12-8-3-1-2-7(4-8)11-15-9(6-13)5-10(14)16-11/h1-5H,(H2,14,15,16). The molecule has 78 valence electrons. The van der Waals surface area contributed by atoms with Gasteiger partial charge in [0.2, 0.25) is 0 Å². The van der Waals surface area contributed by atoms with E-state index in [9.17, 15) is 0 Å². The molecule has 2 rings (SSSR count). The van der Waals surface area contributed by atoms with Crippen LogP contribution in [0.5, 0.6) is 0 Å². The Morgan fingerprint density at radius 2 is 2.06 bits per heavy atom. The predicted molar refractivity (Wildman–Crippen MR) is 64.3 cm³/mol. The summed E-state index contributed by atoms with van der Waals surface area (Å²) in [4.78, 5) is 8.18. The van der Waals surface area contributed by atoms with E-state index in [2.05, 4.69) is 25.9 Å². The highest BCUT2D eigenvalue weighted by molar-refractivity contribution is 9.10. The minimum atomic E-state index is 0.266. The van der Waals surface area contributed by atoms with Crippen LogP contribution in [0.2, 0.25) is 0 Å². The number of anilines is 1. The van der Waals surface area contributed by atoms with Crippen molar-refractivity contribution in [3.05, 3.63) is 40.5 Å². The van der Waals surface area contributed by atoms with Crippen molar-refractivity contribution >= 4 is 21.7 Å². The zero-order chi connectivity index (χ0) is 11.5. The first-order chi connectivity index (χ1) is 7.69. The number of nitrogens with two attached hydrogens (primary N) is 1. The lowest BCUT2D eigenvalue weighted by Gasteiger charge is -2.02. The molecule has 2 aromatic rings. The summed E-state index contributed by atoms with van der Waals surface area (Å²) in [6, 6.07) is 10.9. The van der Waals surface area contributed by atoms with Gasteiger partial charge >= 0.3 is 0 Å². The van der Waals surface area contributed by atoms with E-state index in [1.807, 2.05) is 30.3 Å². The lowest BCUT2D eigenvalue weighted by atomic mass is 10.2. The van der Waals surface area contributed by atoms with Gasteiger partial charge in [-0.15, -0.1) is 0 Å². The summed E-state index contributed by atoms with van der Waals surface area (Å²) in [5.74, 6) is 0.749. The molecular weight excluding hydrogens is 268 g/mol. The molecule has 0 radical (unpaired) electrons. The minimum absolute atomic E-state index is 0.266. The average Bonchev–Trinajstić information content (AvgIpc) is 2.28. The van der Waals surface area contributed by atoms with Gasteiger partial charge in [0.05, 0.1) is 0 Å². The highest BCUT2D eigenvalue weighted by atomic mass is 79.9. The Bertz CT molecular complexity index is 574. The number of nitriles is 1. The summed E-state index contributed by atoms with van der Waals surface area (Å²) in [5, 5.41) is 8.78. The number of aromatic nitrogens is 2. The molecule has 0 fully saturated rings. The van der Waals surface area contributed by atoms with Gasteiger partial charge in [0.15, 0.2) is 5.82 Å². The second kappa shape index (κ2) is 4.29. The molecule has 0 amide bonds. The number of halogens is 1. The number of rotatable bonds is 1. The predicted octanol–water partition coefficient (Wildman–Crippen LogP) is 2.36. The van der Waals surface area contributed by atoms with Crippen LogP contribution >= 0.6 is 15.9 Å². The minimum Gasteiger partial charge on any atom is -0.384 e. The summed E-state index contributed by atoms with van der Waals surface area (Å²) in [5.41, 5.74) is 6.68. The van der Waals surface area contributed by atoms with Crippen molar-refractivity contribution in [1.29, 1.82) is 5.26 Å². The van der Waals surface area contributed by atoms with Crippen molar-refractivity contribution in [2.75, 3.05) is 5.73 Å². The Kier molecular flexibility index (Phi) is 2.84. The molecular formula is C11H7BrN4. The molecule has 0 aliphatic carbocycles. The largest absolute Gasteiger partial charge is 0.384 e. The molecule has 5 heteroatoms. The third-order valence-electron chi connectivity index (χ3n) is 1.94. The zero-order valence-electron chi connectivity index (χ0n) is 8.18. The van der Waals surface area contributed by atoms with E-state index in [0.717, 1.165) is 10.0 Å². The molecule has 2 N–H and O–H groups in total. The van der Waals surface area contributed by atoms with Gasteiger partial charge in [-0.2, -0.15) is 5.26 Å². The van der Waals surface area contributed by atoms with Crippen LogP contribution in [0.25, 0.3) is 11.4 Å². The number of hydrogen-bond acceptors (Lipinski definition) is 4. The molecule has 0 saturated heterocycles. The summed E-state index contributed by atoms with van der Waals surface area (Å²) < 4.78 is 0.925. The van der Waals surface area contributed by atoms with Gasteiger partial charge in [0.1, 0.15) is 17.6 Å². The molecule has 4 nitrogen and oxygen atoms in total. The second-order valence-corrected chi connectivity index (χ2v) is 4.04. The van der Waals surface area contributed by atoms with Gasteiger partial charge in [0.25, 0.3) is 0 Å². The summed E-state index contributed by atoms with van der Waals surface area (Å²) in [6.07, 6.45) is 0. The van der Waals surface area contributed by atoms with Crippen molar-refractivity contribution in [2.24, 2.45) is 0 Å². The maximum Gasteiger partial charge on any atom is 0.163 e. The van der Waals surface area contributed by atoms with Crippen molar-refractivity contribution in [2.45, 2.75) is 0 Å². The third-order valence-corrected chi connectivity index (χ3v) is 2.44. The monoisotopic (exact) mass is 274 g/mol. The Morgan fingerprint density at radius 3 is 2.75 bits per heavy atom. The van der Waals surface area contributed by atoms with Crippen molar-refractivity contribution in [3.63, 3.8) is 0 Å². The fraction of sp³-hybridized carbons (Fsp3) is 0. The molecule has 1 aromatic heterocycles. The lowest BCUT2D eigenvalue weighted by Crippen LogP contribution is -1.98. The van der Waals surface area contributed by atoms with E-state index in [4.69, 9.17) is 11.0 Å². The van der Waals surface area contributed by atoms with Crippen LogP contribution in [0.3, 0.4) is 0 Å². The topological polar surface area (TPSA) is 75.6 Å². The average molecular weight is 275 g/mol. The van der Waals surface area contributed by atoms with Crippen LogP contribution in [0.15, 0.2) is 34.8 Å². The van der Waals surface area contributed by atoms with Gasteiger partial charge in [-0.1, -0.05) is 28.1 Å². The maximum atomic E-state index is 8.78. The van der Waals surface area contributed by atoms with E-state index in [1.54, 1.807) is 0 Å². The van der Waals surface area contributed by atoms with Crippen LogP contribution in [-0.2, 0) is 0 Å². The van der Waals surface area contributed by atoms with E-state index in [0.29, 0.717) is 11.6 Å². The molecule has 16 heavy (non-hydrogen) atoms. The molecule has 0 spiro atoms. The first-order valence-corrected chi connectivity index (χ1v) is 5.29. The summed E-state index contributed by atoms with van der Waals surface area (Å²) in [6.45, 7) is 0. The number of benzene rings is 1. The molecule has 1 heterocycles. The third kappa shape index (κ3) is 2.18. The van der Waals surface area contributed by atoms with Crippen LogP contribution in [-0.4, -0.2) is 9.97 Å². The molecule has 0 saturated carbocycles. The summed E-state index contributed by atoms with van der Waals surface area (Å²) >= 11 is 3.36. The molecule has 0 aliphatic rings. The van der Waals surface area contributed by atoms with E-state index >= 15 is 0 Å². The lowest BCUT2D eigenvalue weighted by molar-refractivity contribution is 1.15. The highest BCUT2D eigenvalue weighted by Gasteiger charge is 2.05. The highest BCUT2D eigenvalue weighted by Crippen LogP contribution is 2.20. The molecule has 0 unspecified atom stereocenters. The van der Waals surface area contributed by atoms with E-state index < -0.39 is 0 Å². The Balaban J connectivity index is 2.56. The van der Waals surface area contributed by atoms with Crippen LogP contribution in [0.1, 0.15) is 5.69 Å². The zero-order valence-corrected chi connectivity index (χ0v) is 9.77. The normalized spacial score (nSPS) is 9.75. The van der Waals surface area contributed by atoms with E-state index in [1.165, 1.54) is 6.07 Å². The smallest absolute Gasteiger partial charge is 0.163 e. The Morgan fingerprint density at radius 1 is 1.25 bits per heavy atom. The fourth-order valence-electron chi connectivity index (χ4n) is 1.28. The Hall–Kier alpha value is -1.93. The number of nitrogens with zero attached hydrogens (tertiary/aromatic N) is 3. The quantitative estimate of drug-likeness (QED) is 0.866. The van der Waals surface area contributed by atoms with Gasteiger partial charge in [0, 0.05) is 16.1 Å². The Labute approximate surface area is 101 Å². The first kappa shape index (κ1) is 10.6. The van der Waals surface area contributed by atoms with Gasteiger partial charge in [-0.3, -0.25) is 0 Å². The maximum absolute atomic E-state index is 8.78. The van der Waals surface area contributed by atoms with Crippen LogP contribution < -0.4 is 5.73 Å². The van der Waals surface area contributed by atoms with Gasteiger partial charge in [-0.25, -0.2) is 9.97 Å². The van der Waals surface area contributed by atoms with Crippen molar-refractivity contribution in [3.8, 4) is 17.5 Å². The van der Waals surface area contributed by atoms with Crippen LogP contribution in [0, 0.1) is 11.3 Å². The van der Waals surface area contributed by atoms with Crippen molar-refractivity contribution in [1.82, 2.24) is 9.97 Å². The van der Waals surface area contributed by atoms with Gasteiger partial charge in [-0.05, 0) is 12.1 Å².